The van der Waals surface area contributed by atoms with Crippen molar-refractivity contribution in [2.75, 3.05) is 11.1 Å². The number of anilines is 1. The summed E-state index contributed by atoms with van der Waals surface area (Å²) in [6.45, 7) is 0. The smallest absolute Gasteiger partial charge is 0.234 e. The van der Waals surface area contributed by atoms with Gasteiger partial charge < -0.3 is 5.32 Å². The third-order valence-corrected chi connectivity index (χ3v) is 7.70. The Morgan fingerprint density at radius 2 is 1.78 bits per heavy atom. The lowest BCUT2D eigenvalue weighted by atomic mass is 10.0. The molecule has 0 unspecified atom stereocenters. The number of nitrogens with one attached hydrogen (secondary N) is 1. The fraction of sp³-hybridized carbons (Fsp3) is 0.389. The molecular weight excluding hydrogens is 406 g/mol. The number of halogens is 1. The summed E-state index contributed by atoms with van der Waals surface area (Å²) in [5.74, 6) is -0.0468. The number of sulfone groups is 1. The molecule has 9 heteroatoms. The highest BCUT2D eigenvalue weighted by molar-refractivity contribution is 7.99. The summed E-state index contributed by atoms with van der Waals surface area (Å²) in [6, 6.07) is 9.91. The van der Waals surface area contributed by atoms with Crippen LogP contribution in [0.5, 0.6) is 0 Å². The minimum Gasteiger partial charge on any atom is -0.325 e. The number of rotatable bonds is 6. The molecule has 3 rings (SSSR count). The number of hydrogen-bond acceptors (Lipinski definition) is 6. The summed E-state index contributed by atoms with van der Waals surface area (Å²) in [4.78, 5) is 12.0. The molecule has 0 bridgehead atoms. The van der Waals surface area contributed by atoms with Crippen molar-refractivity contribution in [3.8, 4) is 0 Å². The Kier molecular flexibility index (Phi) is 6.73. The maximum atomic E-state index is 12.6. The van der Waals surface area contributed by atoms with Gasteiger partial charge in [0.2, 0.25) is 5.91 Å². The van der Waals surface area contributed by atoms with Crippen molar-refractivity contribution in [2.45, 2.75) is 47.4 Å². The zero-order chi connectivity index (χ0) is 19.3. The van der Waals surface area contributed by atoms with Crippen LogP contribution >= 0.6 is 23.4 Å². The van der Waals surface area contributed by atoms with Crippen LogP contribution in [0.25, 0.3) is 0 Å². The first-order valence-corrected chi connectivity index (χ1v) is 11.6. The van der Waals surface area contributed by atoms with E-state index in [1.54, 1.807) is 30.3 Å². The molecule has 1 heterocycles. The molecular formula is C18H20ClN3O3S2. The van der Waals surface area contributed by atoms with Crippen molar-refractivity contribution in [3.05, 3.63) is 41.4 Å². The molecule has 1 aromatic carbocycles. The Morgan fingerprint density at radius 3 is 2.41 bits per heavy atom. The third-order valence-electron chi connectivity index (χ3n) is 4.38. The number of aromatic nitrogens is 2. The predicted molar refractivity (Wildman–Crippen MR) is 107 cm³/mol. The molecule has 1 aliphatic rings. The minimum absolute atomic E-state index is 0.0179. The average molecular weight is 426 g/mol. The van der Waals surface area contributed by atoms with Crippen molar-refractivity contribution in [1.82, 2.24) is 10.2 Å². The first-order chi connectivity index (χ1) is 12.9. The summed E-state index contributed by atoms with van der Waals surface area (Å²) in [5, 5.41) is 11.4. The summed E-state index contributed by atoms with van der Waals surface area (Å²) in [7, 11) is -3.43. The van der Waals surface area contributed by atoms with Crippen molar-refractivity contribution in [1.29, 1.82) is 0 Å². The van der Waals surface area contributed by atoms with Crippen LogP contribution in [0.2, 0.25) is 5.02 Å². The fourth-order valence-corrected chi connectivity index (χ4v) is 5.40. The molecule has 2 aromatic rings. The molecule has 1 amide bonds. The average Bonchev–Trinajstić information content (AvgIpc) is 2.69. The number of thioether (sulfide) groups is 1. The molecule has 0 spiro atoms. The van der Waals surface area contributed by atoms with Crippen LogP contribution in [0.15, 0.2) is 46.5 Å². The van der Waals surface area contributed by atoms with E-state index in [9.17, 15) is 13.2 Å². The van der Waals surface area contributed by atoms with E-state index >= 15 is 0 Å². The van der Waals surface area contributed by atoms with Crippen molar-refractivity contribution >= 4 is 44.8 Å². The van der Waals surface area contributed by atoms with Crippen molar-refractivity contribution in [2.24, 2.45) is 0 Å². The third kappa shape index (κ3) is 5.43. The molecule has 1 saturated carbocycles. The fourth-order valence-electron chi connectivity index (χ4n) is 2.95. The van der Waals surface area contributed by atoms with Gasteiger partial charge in [0.1, 0.15) is 5.03 Å². The number of nitrogens with zero attached hydrogens (tertiary/aromatic N) is 2. The number of carbonyl (C=O) groups excluding carboxylic acids is 1. The number of hydrogen-bond donors (Lipinski definition) is 1. The van der Waals surface area contributed by atoms with Crippen molar-refractivity contribution < 1.29 is 13.2 Å². The van der Waals surface area contributed by atoms with E-state index in [1.165, 1.54) is 17.8 Å². The van der Waals surface area contributed by atoms with E-state index in [2.05, 4.69) is 15.5 Å². The van der Waals surface area contributed by atoms with Gasteiger partial charge in [-0.05, 0) is 49.2 Å². The van der Waals surface area contributed by atoms with Crippen molar-refractivity contribution in [3.63, 3.8) is 0 Å². The molecule has 1 aromatic heterocycles. The molecule has 1 fully saturated rings. The highest BCUT2D eigenvalue weighted by Gasteiger charge is 2.30. The minimum atomic E-state index is -3.43. The number of amides is 1. The van der Waals surface area contributed by atoms with Crippen LogP contribution < -0.4 is 5.32 Å². The maximum Gasteiger partial charge on any atom is 0.234 e. The first kappa shape index (κ1) is 20.1. The van der Waals surface area contributed by atoms with Gasteiger partial charge in [-0.25, -0.2) is 8.42 Å². The Morgan fingerprint density at radius 1 is 1.07 bits per heavy atom. The molecule has 6 nitrogen and oxygen atoms in total. The zero-order valence-corrected chi connectivity index (χ0v) is 17.0. The standard InChI is InChI=1S/C18H20ClN3O3S2/c19-13-6-8-14(9-7-13)20-16(23)12-26-17-10-11-18(22-21-17)27(24,25)15-4-2-1-3-5-15/h6-11,15H,1-5,12H2,(H,20,23). The second-order valence-corrected chi connectivity index (χ2v) is 9.97. The van der Waals surface area contributed by atoms with Crippen LogP contribution in [-0.2, 0) is 14.6 Å². The van der Waals surface area contributed by atoms with Gasteiger partial charge in [0.05, 0.1) is 11.0 Å². The summed E-state index contributed by atoms with van der Waals surface area (Å²) in [6.07, 6.45) is 4.34. The second-order valence-electron chi connectivity index (χ2n) is 6.36. The lowest BCUT2D eigenvalue weighted by Crippen LogP contribution is -2.25. The zero-order valence-electron chi connectivity index (χ0n) is 14.6. The molecule has 0 radical (unpaired) electrons. The van der Waals surface area contributed by atoms with E-state index in [1.807, 2.05) is 0 Å². The SMILES string of the molecule is O=C(CSc1ccc(S(=O)(=O)C2CCCCC2)nn1)Nc1ccc(Cl)cc1. The van der Waals surface area contributed by atoms with Gasteiger partial charge in [0.15, 0.2) is 14.9 Å². The largest absolute Gasteiger partial charge is 0.325 e. The van der Waals surface area contributed by atoms with Gasteiger partial charge in [0, 0.05) is 10.7 Å². The normalized spacial score (nSPS) is 15.4. The topological polar surface area (TPSA) is 89.0 Å². The Hall–Kier alpha value is -1.64. The molecule has 0 saturated heterocycles. The van der Waals surface area contributed by atoms with Gasteiger partial charge >= 0.3 is 0 Å². The van der Waals surface area contributed by atoms with Crippen LogP contribution in [-0.4, -0.2) is 35.5 Å². The van der Waals surface area contributed by atoms with Crippen LogP contribution in [0, 0.1) is 0 Å². The predicted octanol–water partition coefficient (Wildman–Crippen LogP) is 3.97. The Labute approximate surface area is 168 Å². The van der Waals surface area contributed by atoms with E-state index in [0.717, 1.165) is 19.3 Å². The van der Waals surface area contributed by atoms with Gasteiger partial charge in [0.25, 0.3) is 0 Å². The lowest BCUT2D eigenvalue weighted by molar-refractivity contribution is -0.113. The van der Waals surface area contributed by atoms with E-state index < -0.39 is 9.84 Å². The number of benzene rings is 1. The van der Waals surface area contributed by atoms with Crippen LogP contribution in [0.3, 0.4) is 0 Å². The first-order valence-electron chi connectivity index (χ1n) is 8.71. The molecule has 27 heavy (non-hydrogen) atoms. The Bertz CT molecular complexity index is 881. The maximum absolute atomic E-state index is 12.6. The quantitative estimate of drug-likeness (QED) is 0.704. The van der Waals surface area contributed by atoms with E-state index in [4.69, 9.17) is 11.6 Å². The molecule has 0 atom stereocenters. The van der Waals surface area contributed by atoms with E-state index in [-0.39, 0.29) is 21.9 Å². The lowest BCUT2D eigenvalue weighted by Gasteiger charge is -2.20. The summed E-state index contributed by atoms with van der Waals surface area (Å²) >= 11 is 7.01. The van der Waals surface area contributed by atoms with Gasteiger partial charge in [-0.3, -0.25) is 4.79 Å². The van der Waals surface area contributed by atoms with Crippen LogP contribution in [0.4, 0.5) is 5.69 Å². The summed E-state index contributed by atoms with van der Waals surface area (Å²) in [5.41, 5.74) is 0.657. The molecule has 1 N–H and O–H groups in total. The van der Waals surface area contributed by atoms with Gasteiger partial charge in [-0.15, -0.1) is 10.2 Å². The Balaban J connectivity index is 1.55. The van der Waals surface area contributed by atoms with Crippen LogP contribution in [0.1, 0.15) is 32.1 Å². The highest BCUT2D eigenvalue weighted by Crippen LogP contribution is 2.28. The van der Waals surface area contributed by atoms with E-state index in [0.29, 0.717) is 28.6 Å². The highest BCUT2D eigenvalue weighted by atomic mass is 35.5. The molecule has 0 aliphatic heterocycles. The monoisotopic (exact) mass is 425 g/mol. The van der Waals surface area contributed by atoms with Gasteiger partial charge in [-0.2, -0.15) is 0 Å². The van der Waals surface area contributed by atoms with Gasteiger partial charge in [-0.1, -0.05) is 42.6 Å². The summed E-state index contributed by atoms with van der Waals surface area (Å²) < 4.78 is 25.2. The molecule has 144 valence electrons. The molecule has 1 aliphatic carbocycles. The second kappa shape index (κ2) is 9.03. The number of carbonyl (C=O) groups is 1.